The number of benzene rings is 1. The third kappa shape index (κ3) is 5.05. The van der Waals surface area contributed by atoms with E-state index >= 15 is 0 Å². The van der Waals surface area contributed by atoms with Gasteiger partial charge in [0.25, 0.3) is 0 Å². The minimum atomic E-state index is -5.04. The van der Waals surface area contributed by atoms with E-state index in [1.165, 1.54) is 50.6 Å². The molecule has 1 N–H and O–H groups in total. The lowest BCUT2D eigenvalue weighted by atomic mass is 9.78. The highest BCUT2D eigenvalue weighted by Gasteiger charge is 2.59. The summed E-state index contributed by atoms with van der Waals surface area (Å²) in [4.78, 5) is 19.1. The molecule has 2 unspecified atom stereocenters. The second kappa shape index (κ2) is 9.54. The number of pyridine rings is 2. The van der Waals surface area contributed by atoms with Gasteiger partial charge in [0.2, 0.25) is 5.88 Å². The summed E-state index contributed by atoms with van der Waals surface area (Å²) in [5.74, 6) is -1.76. The molecule has 174 valence electrons. The lowest BCUT2D eigenvalue weighted by Gasteiger charge is -2.37. The highest BCUT2D eigenvalue weighted by atomic mass is 35.5. The number of methoxy groups -OCH3 is 1. The van der Waals surface area contributed by atoms with Gasteiger partial charge in [0.15, 0.2) is 5.60 Å². The highest BCUT2D eigenvalue weighted by molar-refractivity contribution is 6.31. The molecule has 11 heteroatoms. The highest BCUT2D eigenvalue weighted by Crippen LogP contribution is 2.50. The third-order valence-corrected chi connectivity index (χ3v) is 5.58. The SMILES string of the molecule is COC(=O)c1ccc(Oc2ccc(C(C)C(O)(c3ccnc(Cl)c3)C(F)(F)F)c(Cl)c2)nc1. The third-order valence-electron chi connectivity index (χ3n) is 5.04. The Kier molecular flexibility index (Phi) is 7.16. The molecule has 33 heavy (non-hydrogen) atoms. The van der Waals surface area contributed by atoms with Gasteiger partial charge < -0.3 is 14.6 Å². The van der Waals surface area contributed by atoms with Crippen molar-refractivity contribution in [3.63, 3.8) is 0 Å². The van der Waals surface area contributed by atoms with Crippen molar-refractivity contribution < 1.29 is 32.5 Å². The molecule has 0 radical (unpaired) electrons. The first-order chi connectivity index (χ1) is 15.5. The average molecular weight is 501 g/mol. The summed E-state index contributed by atoms with van der Waals surface area (Å²) < 4.78 is 52.3. The van der Waals surface area contributed by atoms with Gasteiger partial charge in [-0.3, -0.25) is 0 Å². The molecular formula is C22H17Cl2F3N2O4. The van der Waals surface area contributed by atoms with Crippen molar-refractivity contribution >= 4 is 29.2 Å². The van der Waals surface area contributed by atoms with Crippen molar-refractivity contribution in [2.24, 2.45) is 0 Å². The van der Waals surface area contributed by atoms with E-state index in [2.05, 4.69) is 14.7 Å². The van der Waals surface area contributed by atoms with Crippen LogP contribution in [0.1, 0.15) is 34.3 Å². The molecule has 0 saturated carbocycles. The van der Waals surface area contributed by atoms with Gasteiger partial charge >= 0.3 is 12.1 Å². The van der Waals surface area contributed by atoms with E-state index in [-0.39, 0.29) is 32.9 Å². The van der Waals surface area contributed by atoms with Crippen LogP contribution in [0.5, 0.6) is 11.6 Å². The van der Waals surface area contributed by atoms with Crippen molar-refractivity contribution in [1.29, 1.82) is 0 Å². The molecule has 1 aromatic carbocycles. The minimum absolute atomic E-state index is 0.0331. The van der Waals surface area contributed by atoms with Crippen molar-refractivity contribution in [3.8, 4) is 11.6 Å². The monoisotopic (exact) mass is 500 g/mol. The molecule has 0 fully saturated rings. The molecule has 0 bridgehead atoms. The van der Waals surface area contributed by atoms with Crippen LogP contribution < -0.4 is 4.74 Å². The smallest absolute Gasteiger partial charge is 0.422 e. The van der Waals surface area contributed by atoms with Gasteiger partial charge in [-0.15, -0.1) is 0 Å². The number of nitrogens with zero attached hydrogens (tertiary/aromatic N) is 2. The average Bonchev–Trinajstić information content (AvgIpc) is 2.77. The predicted molar refractivity (Wildman–Crippen MR) is 115 cm³/mol. The molecule has 2 aromatic heterocycles. The predicted octanol–water partition coefficient (Wildman–Crippen LogP) is 5.92. The molecule has 0 spiro atoms. The molecule has 3 rings (SSSR count). The van der Waals surface area contributed by atoms with E-state index in [1.807, 2.05) is 0 Å². The summed E-state index contributed by atoms with van der Waals surface area (Å²) in [5, 5.41) is 10.6. The Balaban J connectivity index is 1.91. The number of carbonyl (C=O) groups excluding carboxylic acids is 1. The topological polar surface area (TPSA) is 81.5 Å². The van der Waals surface area contributed by atoms with Crippen LogP contribution in [0, 0.1) is 0 Å². The van der Waals surface area contributed by atoms with Gasteiger partial charge in [0.1, 0.15) is 10.9 Å². The second-order valence-electron chi connectivity index (χ2n) is 7.02. The van der Waals surface area contributed by atoms with Gasteiger partial charge in [-0.1, -0.05) is 36.2 Å². The van der Waals surface area contributed by atoms with Gasteiger partial charge in [0.05, 0.1) is 12.7 Å². The number of aliphatic hydroxyl groups is 1. The largest absolute Gasteiger partial charge is 0.465 e. The van der Waals surface area contributed by atoms with Crippen LogP contribution in [-0.2, 0) is 10.3 Å². The summed E-state index contributed by atoms with van der Waals surface area (Å²) in [6, 6.07) is 8.89. The first kappa shape index (κ1) is 24.8. The van der Waals surface area contributed by atoms with Crippen LogP contribution in [0.4, 0.5) is 13.2 Å². The fourth-order valence-electron chi connectivity index (χ4n) is 3.25. The van der Waals surface area contributed by atoms with Gasteiger partial charge in [-0.25, -0.2) is 14.8 Å². The quantitative estimate of drug-likeness (QED) is 0.334. The van der Waals surface area contributed by atoms with Crippen LogP contribution in [0.25, 0.3) is 0 Å². The molecule has 0 saturated heterocycles. The maximum absolute atomic E-state index is 14.0. The molecule has 3 aromatic rings. The fraction of sp³-hybridized carbons (Fsp3) is 0.227. The standard InChI is InChI=1S/C22H17Cl2F3N2O4/c1-12(21(31,22(25,26)27)14-7-8-28-18(24)9-14)16-5-4-15(10-17(16)23)33-19-6-3-13(11-29-19)20(30)32-2/h3-12,31H,1-2H3. The van der Waals surface area contributed by atoms with Crippen LogP contribution in [0.3, 0.4) is 0 Å². The van der Waals surface area contributed by atoms with Crippen LogP contribution >= 0.6 is 23.2 Å². The Bertz CT molecular complexity index is 1160. The summed E-state index contributed by atoms with van der Waals surface area (Å²) in [5.41, 5.74) is -3.49. The summed E-state index contributed by atoms with van der Waals surface area (Å²) >= 11 is 12.0. The van der Waals surface area contributed by atoms with Gasteiger partial charge in [-0.2, -0.15) is 13.2 Å². The lowest BCUT2D eigenvalue weighted by molar-refractivity contribution is -0.274. The molecule has 0 amide bonds. The lowest BCUT2D eigenvalue weighted by Crippen LogP contribution is -2.46. The Morgan fingerprint density at radius 2 is 1.82 bits per heavy atom. The summed E-state index contributed by atoms with van der Waals surface area (Å²) in [6.45, 7) is 1.21. The van der Waals surface area contributed by atoms with Crippen molar-refractivity contribution in [2.45, 2.75) is 24.6 Å². The number of hydrogen-bond acceptors (Lipinski definition) is 6. The molecule has 6 nitrogen and oxygen atoms in total. The fourth-order valence-corrected chi connectivity index (χ4v) is 3.75. The maximum atomic E-state index is 14.0. The van der Waals surface area contributed by atoms with E-state index < -0.39 is 29.2 Å². The van der Waals surface area contributed by atoms with E-state index in [0.29, 0.717) is 0 Å². The minimum Gasteiger partial charge on any atom is -0.465 e. The normalized spacial score (nSPS) is 14.3. The summed E-state index contributed by atoms with van der Waals surface area (Å²) in [7, 11) is 1.24. The number of aromatic nitrogens is 2. The number of alkyl halides is 3. The number of rotatable bonds is 6. The number of carbonyl (C=O) groups is 1. The zero-order valence-corrected chi connectivity index (χ0v) is 18.7. The Morgan fingerprint density at radius 1 is 1.09 bits per heavy atom. The number of ether oxygens (including phenoxy) is 2. The van der Waals surface area contributed by atoms with E-state index in [1.54, 1.807) is 0 Å². The second-order valence-corrected chi connectivity index (χ2v) is 7.81. The summed E-state index contributed by atoms with van der Waals surface area (Å²) in [6.07, 6.45) is -2.71. The molecule has 0 aliphatic carbocycles. The van der Waals surface area contributed by atoms with Gasteiger partial charge in [0, 0.05) is 29.4 Å². The zero-order valence-electron chi connectivity index (χ0n) is 17.2. The molecule has 0 aliphatic rings. The van der Waals surface area contributed by atoms with Crippen molar-refractivity contribution in [3.05, 3.63) is 81.7 Å². The van der Waals surface area contributed by atoms with E-state index in [9.17, 15) is 23.1 Å². The maximum Gasteiger partial charge on any atom is 0.422 e. The number of hydrogen-bond donors (Lipinski definition) is 1. The van der Waals surface area contributed by atoms with E-state index in [4.69, 9.17) is 27.9 Å². The zero-order chi connectivity index (χ0) is 24.4. The first-order valence-corrected chi connectivity index (χ1v) is 10.2. The van der Waals surface area contributed by atoms with Crippen LogP contribution in [-0.4, -0.2) is 34.3 Å². The first-order valence-electron chi connectivity index (χ1n) is 9.40. The van der Waals surface area contributed by atoms with Crippen LogP contribution in [0.2, 0.25) is 10.2 Å². The number of halogens is 5. The Hall–Kier alpha value is -2.88. The van der Waals surface area contributed by atoms with Crippen molar-refractivity contribution in [1.82, 2.24) is 9.97 Å². The van der Waals surface area contributed by atoms with Crippen LogP contribution in [0.15, 0.2) is 54.9 Å². The molecule has 2 atom stereocenters. The Morgan fingerprint density at radius 3 is 2.36 bits per heavy atom. The molecule has 0 aliphatic heterocycles. The van der Waals surface area contributed by atoms with Gasteiger partial charge in [-0.05, 0) is 41.5 Å². The molecular weight excluding hydrogens is 484 g/mol. The Labute approximate surface area is 196 Å². The molecule has 2 heterocycles. The van der Waals surface area contributed by atoms with Crippen molar-refractivity contribution in [2.75, 3.05) is 7.11 Å². The number of esters is 1. The van der Waals surface area contributed by atoms with E-state index in [0.717, 1.165) is 18.3 Å².